The van der Waals surface area contributed by atoms with Crippen LogP contribution in [0, 0.1) is 11.7 Å². The van der Waals surface area contributed by atoms with Crippen LogP contribution >= 0.6 is 11.6 Å². The lowest BCUT2D eigenvalue weighted by Crippen LogP contribution is -2.43. The standard InChI is InChI=1S/C23H19ClFN3O5/c1-27-17-8-4-3-6-12(17)20(29)28(22(27)31)18-10-13(15(24)11-16(18)25)19-14-7-5-9-23(14,33-26-19)21(30)32-2/h3-4,6,8,10-11,14H,5,7,9H2,1-2H3. The minimum Gasteiger partial charge on any atom is -0.466 e. The van der Waals surface area contributed by atoms with Gasteiger partial charge in [0.15, 0.2) is 0 Å². The summed E-state index contributed by atoms with van der Waals surface area (Å²) in [7, 11) is 2.78. The van der Waals surface area contributed by atoms with Gasteiger partial charge < -0.3 is 9.57 Å². The van der Waals surface area contributed by atoms with Gasteiger partial charge in [-0.05, 0) is 37.1 Å². The zero-order chi connectivity index (χ0) is 23.5. The van der Waals surface area contributed by atoms with Crippen LogP contribution < -0.4 is 11.2 Å². The average Bonchev–Trinajstić information content (AvgIpc) is 3.39. The van der Waals surface area contributed by atoms with Crippen LogP contribution in [0.2, 0.25) is 5.02 Å². The monoisotopic (exact) mass is 471 g/mol. The Hall–Kier alpha value is -3.46. The van der Waals surface area contributed by atoms with Crippen molar-refractivity contribution in [1.29, 1.82) is 0 Å². The predicted molar refractivity (Wildman–Crippen MR) is 119 cm³/mol. The van der Waals surface area contributed by atoms with Crippen LogP contribution in [-0.2, 0) is 21.4 Å². The Labute approximate surface area is 191 Å². The van der Waals surface area contributed by atoms with E-state index in [0.717, 1.165) is 10.6 Å². The van der Waals surface area contributed by atoms with Crippen molar-refractivity contribution < 1.29 is 18.8 Å². The largest absolute Gasteiger partial charge is 0.466 e. The Morgan fingerprint density at radius 3 is 2.82 bits per heavy atom. The van der Waals surface area contributed by atoms with Gasteiger partial charge in [-0.1, -0.05) is 28.9 Å². The van der Waals surface area contributed by atoms with Crippen molar-refractivity contribution in [3.63, 3.8) is 0 Å². The van der Waals surface area contributed by atoms with Crippen LogP contribution in [0.15, 0.2) is 51.1 Å². The van der Waals surface area contributed by atoms with Gasteiger partial charge in [-0.2, -0.15) is 0 Å². The van der Waals surface area contributed by atoms with Crippen LogP contribution in [0.1, 0.15) is 24.8 Å². The van der Waals surface area contributed by atoms with Crippen LogP contribution in [-0.4, -0.2) is 33.5 Å². The van der Waals surface area contributed by atoms with Gasteiger partial charge in [-0.25, -0.2) is 18.5 Å². The van der Waals surface area contributed by atoms with Gasteiger partial charge in [0.1, 0.15) is 5.82 Å². The number of oxime groups is 1. The molecule has 2 atom stereocenters. The Morgan fingerprint density at radius 2 is 2.06 bits per heavy atom. The maximum Gasteiger partial charge on any atom is 0.353 e. The molecule has 170 valence electrons. The van der Waals surface area contributed by atoms with Gasteiger partial charge in [0.2, 0.25) is 5.60 Å². The zero-order valence-electron chi connectivity index (χ0n) is 17.8. The first-order valence-electron chi connectivity index (χ1n) is 10.3. The molecule has 10 heteroatoms. The molecule has 2 unspecified atom stereocenters. The van der Waals surface area contributed by atoms with Crippen molar-refractivity contribution >= 4 is 34.2 Å². The summed E-state index contributed by atoms with van der Waals surface area (Å²) in [5.41, 5.74) is -1.81. The molecule has 2 aliphatic rings. The molecule has 0 spiro atoms. The first-order chi connectivity index (χ1) is 15.8. The van der Waals surface area contributed by atoms with Gasteiger partial charge >= 0.3 is 11.7 Å². The molecule has 2 heterocycles. The molecule has 0 bridgehead atoms. The summed E-state index contributed by atoms with van der Waals surface area (Å²) in [6, 6.07) is 8.93. The third-order valence-electron chi connectivity index (χ3n) is 6.50. The fourth-order valence-electron chi connectivity index (χ4n) is 4.85. The summed E-state index contributed by atoms with van der Waals surface area (Å²) in [6.07, 6.45) is 1.72. The maximum atomic E-state index is 15.1. The summed E-state index contributed by atoms with van der Waals surface area (Å²) >= 11 is 6.36. The molecule has 1 aromatic heterocycles. The Kier molecular flexibility index (Phi) is 4.89. The van der Waals surface area contributed by atoms with Crippen molar-refractivity contribution in [2.75, 3.05) is 7.11 Å². The van der Waals surface area contributed by atoms with E-state index in [0.29, 0.717) is 30.5 Å². The molecule has 1 aliphatic heterocycles. The second-order valence-electron chi connectivity index (χ2n) is 8.18. The summed E-state index contributed by atoms with van der Waals surface area (Å²) < 4.78 is 22.1. The third kappa shape index (κ3) is 2.95. The highest BCUT2D eigenvalue weighted by molar-refractivity contribution is 6.34. The lowest BCUT2D eigenvalue weighted by Gasteiger charge is -2.23. The molecule has 0 radical (unpaired) electrons. The number of carbonyl (C=O) groups is 1. The minimum atomic E-state index is -1.25. The fourth-order valence-corrected chi connectivity index (χ4v) is 5.10. The molecule has 5 rings (SSSR count). The Balaban J connectivity index is 1.71. The number of carbonyl (C=O) groups excluding carboxylic acids is 1. The number of halogens is 2. The third-order valence-corrected chi connectivity index (χ3v) is 6.81. The minimum absolute atomic E-state index is 0.0248. The highest BCUT2D eigenvalue weighted by atomic mass is 35.5. The van der Waals surface area contributed by atoms with Crippen molar-refractivity contribution in [2.45, 2.75) is 24.9 Å². The molecular formula is C23H19ClFN3O5. The van der Waals surface area contributed by atoms with Gasteiger partial charge in [-0.15, -0.1) is 0 Å². The van der Waals surface area contributed by atoms with E-state index in [-0.39, 0.29) is 21.7 Å². The topological polar surface area (TPSA) is 91.9 Å². The number of esters is 1. The lowest BCUT2D eigenvalue weighted by molar-refractivity contribution is -0.168. The lowest BCUT2D eigenvalue weighted by atomic mass is 9.84. The average molecular weight is 472 g/mol. The quantitative estimate of drug-likeness (QED) is 0.548. The number of benzene rings is 2. The van der Waals surface area contributed by atoms with Gasteiger partial charge in [0.05, 0.1) is 40.4 Å². The number of aromatic nitrogens is 2. The van der Waals surface area contributed by atoms with E-state index >= 15 is 4.39 Å². The van der Waals surface area contributed by atoms with E-state index in [9.17, 15) is 14.4 Å². The second kappa shape index (κ2) is 7.55. The van der Waals surface area contributed by atoms with E-state index in [1.807, 2.05) is 0 Å². The van der Waals surface area contributed by atoms with E-state index in [1.54, 1.807) is 24.3 Å². The molecule has 1 fully saturated rings. The first-order valence-corrected chi connectivity index (χ1v) is 10.7. The van der Waals surface area contributed by atoms with Gasteiger partial charge in [0, 0.05) is 19.0 Å². The molecule has 8 nitrogen and oxygen atoms in total. The van der Waals surface area contributed by atoms with Gasteiger partial charge in [0.25, 0.3) is 5.56 Å². The fraction of sp³-hybridized carbons (Fsp3) is 0.304. The smallest absolute Gasteiger partial charge is 0.353 e. The number of ether oxygens (including phenoxy) is 1. The number of hydrogen-bond donors (Lipinski definition) is 0. The van der Waals surface area contributed by atoms with Crippen LogP contribution in [0.4, 0.5) is 4.39 Å². The highest BCUT2D eigenvalue weighted by Crippen LogP contribution is 2.47. The Morgan fingerprint density at radius 1 is 1.30 bits per heavy atom. The van der Waals surface area contributed by atoms with E-state index in [1.165, 1.54) is 24.8 Å². The molecule has 33 heavy (non-hydrogen) atoms. The molecule has 1 saturated carbocycles. The molecule has 0 saturated heterocycles. The van der Waals surface area contributed by atoms with E-state index in [2.05, 4.69) is 5.16 Å². The normalized spacial score (nSPS) is 21.6. The summed E-state index contributed by atoms with van der Waals surface area (Å²) in [5, 5.41) is 4.39. The second-order valence-corrected chi connectivity index (χ2v) is 8.58. The SMILES string of the molecule is COC(=O)C12CCCC1C(c1cc(-n3c(=O)c4ccccc4n(C)c3=O)c(F)cc1Cl)=NO2. The number of nitrogens with zero attached hydrogens (tertiary/aromatic N) is 3. The molecule has 0 amide bonds. The maximum absolute atomic E-state index is 15.1. The molecule has 1 aliphatic carbocycles. The first kappa shape index (κ1) is 21.4. The van der Waals surface area contributed by atoms with Crippen molar-refractivity contribution in [2.24, 2.45) is 18.1 Å². The molecule has 2 aromatic carbocycles. The summed E-state index contributed by atoms with van der Waals surface area (Å²) in [5.74, 6) is -1.83. The number of methoxy groups -OCH3 is 1. The summed E-state index contributed by atoms with van der Waals surface area (Å²) in [4.78, 5) is 44.2. The van der Waals surface area contributed by atoms with Crippen LogP contribution in [0.5, 0.6) is 0 Å². The van der Waals surface area contributed by atoms with Crippen LogP contribution in [0.25, 0.3) is 16.6 Å². The number of aryl methyl sites for hydroxylation is 1. The van der Waals surface area contributed by atoms with E-state index < -0.39 is 34.6 Å². The molecular weight excluding hydrogens is 453 g/mol. The zero-order valence-corrected chi connectivity index (χ0v) is 18.6. The molecule has 0 N–H and O–H groups in total. The van der Waals surface area contributed by atoms with Crippen molar-refractivity contribution in [1.82, 2.24) is 9.13 Å². The van der Waals surface area contributed by atoms with Crippen LogP contribution in [0.3, 0.4) is 0 Å². The highest BCUT2D eigenvalue weighted by Gasteiger charge is 2.59. The molecule has 3 aromatic rings. The number of hydrogen-bond acceptors (Lipinski definition) is 6. The Bertz CT molecular complexity index is 1480. The van der Waals surface area contributed by atoms with Crippen molar-refractivity contribution in [3.8, 4) is 5.69 Å². The number of fused-ring (bicyclic) bond motifs is 2. The van der Waals surface area contributed by atoms with Crippen molar-refractivity contribution in [3.05, 3.63) is 73.6 Å². The predicted octanol–water partition coefficient (Wildman–Crippen LogP) is 2.93. The van der Waals surface area contributed by atoms with Gasteiger partial charge in [-0.3, -0.25) is 9.36 Å². The number of rotatable bonds is 3. The summed E-state index contributed by atoms with van der Waals surface area (Å²) in [6.45, 7) is 0. The number of para-hydroxylation sites is 1. The van der Waals surface area contributed by atoms with E-state index in [4.69, 9.17) is 21.2 Å².